The first-order valence-corrected chi connectivity index (χ1v) is 9.74. The molecule has 0 saturated heterocycles. The van der Waals surface area contributed by atoms with Gasteiger partial charge in [0.05, 0.1) is 11.1 Å². The maximum atomic E-state index is 14.2. The zero-order valence-corrected chi connectivity index (χ0v) is 17.6. The first-order valence-electron chi connectivity index (χ1n) is 9.74. The van der Waals surface area contributed by atoms with Gasteiger partial charge in [-0.15, -0.1) is 0 Å². The third-order valence-corrected chi connectivity index (χ3v) is 4.90. The predicted molar refractivity (Wildman–Crippen MR) is 115 cm³/mol. The van der Waals surface area contributed by atoms with E-state index in [1.807, 2.05) is 48.7 Å². The molecule has 0 radical (unpaired) electrons. The first kappa shape index (κ1) is 22.0. The van der Waals surface area contributed by atoms with Crippen molar-refractivity contribution in [3.8, 4) is 0 Å². The Hall–Kier alpha value is -3.74. The van der Waals surface area contributed by atoms with Crippen molar-refractivity contribution in [1.82, 2.24) is 4.57 Å². The smallest absolute Gasteiger partial charge is 0.340 e. The summed E-state index contributed by atoms with van der Waals surface area (Å²) >= 11 is 0. The van der Waals surface area contributed by atoms with Crippen LogP contribution in [0, 0.1) is 19.7 Å². The summed E-state index contributed by atoms with van der Waals surface area (Å²) in [6.45, 7) is 5.03. The van der Waals surface area contributed by atoms with Gasteiger partial charge in [0.1, 0.15) is 5.82 Å². The molecule has 0 atom stereocenters. The molecule has 3 aromatic rings. The number of halogens is 1. The number of Topliss-reactive ketones (excluding diaryl/α,β-unsaturated/α-hetero) is 1. The van der Waals surface area contributed by atoms with Crippen LogP contribution in [0.3, 0.4) is 0 Å². The number of hydrogen-bond acceptors (Lipinski definition) is 4. The number of aryl methyl sites for hydroxylation is 1. The highest BCUT2D eigenvalue weighted by atomic mass is 19.1. The third-order valence-electron chi connectivity index (χ3n) is 4.90. The molecule has 0 bridgehead atoms. The van der Waals surface area contributed by atoms with Gasteiger partial charge in [0.25, 0.3) is 0 Å². The average Bonchev–Trinajstić information content (AvgIpc) is 3.00. The van der Waals surface area contributed by atoms with Crippen molar-refractivity contribution in [2.45, 2.75) is 27.3 Å². The second kappa shape index (κ2) is 9.38. The lowest BCUT2D eigenvalue weighted by molar-refractivity contribution is -0.114. The normalized spacial score (nSPS) is 10.6. The van der Waals surface area contributed by atoms with Gasteiger partial charge in [-0.05, 0) is 43.7 Å². The van der Waals surface area contributed by atoms with E-state index in [2.05, 4.69) is 5.32 Å². The highest BCUT2D eigenvalue weighted by Crippen LogP contribution is 2.19. The Morgan fingerprint density at radius 1 is 1.00 bits per heavy atom. The quantitative estimate of drug-likeness (QED) is 0.455. The summed E-state index contributed by atoms with van der Waals surface area (Å²) in [5.74, 6) is -2.46. The van der Waals surface area contributed by atoms with Gasteiger partial charge in [-0.1, -0.05) is 30.3 Å². The molecule has 0 aliphatic carbocycles. The van der Waals surface area contributed by atoms with Crippen LogP contribution in [-0.2, 0) is 16.1 Å². The van der Waals surface area contributed by atoms with Gasteiger partial charge in [-0.2, -0.15) is 0 Å². The Morgan fingerprint density at radius 2 is 1.71 bits per heavy atom. The van der Waals surface area contributed by atoms with Crippen LogP contribution in [-0.4, -0.2) is 28.8 Å². The maximum Gasteiger partial charge on any atom is 0.340 e. The van der Waals surface area contributed by atoms with E-state index in [9.17, 15) is 18.8 Å². The molecule has 0 aliphatic rings. The Morgan fingerprint density at radius 3 is 2.35 bits per heavy atom. The van der Waals surface area contributed by atoms with Gasteiger partial charge in [-0.25, -0.2) is 9.18 Å². The Bertz CT molecular complexity index is 1140. The monoisotopic (exact) mass is 422 g/mol. The molecule has 3 rings (SSSR count). The van der Waals surface area contributed by atoms with Crippen molar-refractivity contribution >= 4 is 23.3 Å². The highest BCUT2D eigenvalue weighted by molar-refractivity contribution is 6.00. The van der Waals surface area contributed by atoms with Crippen LogP contribution in [0.4, 0.5) is 10.1 Å². The standard InChI is InChI=1S/C24H23FN2O4/c1-15-11-21(16(2)27(15)13-18-7-5-4-6-8-18)24(30)31-14-23(29)20-10-9-19(12-22(20)25)26-17(3)28/h4-12H,13-14H2,1-3H3,(H,26,28). The molecular formula is C24H23FN2O4. The van der Waals surface area contributed by atoms with Gasteiger partial charge in [-0.3, -0.25) is 9.59 Å². The second-order valence-electron chi connectivity index (χ2n) is 7.23. The fraction of sp³-hybridized carbons (Fsp3) is 0.208. The molecule has 160 valence electrons. The number of anilines is 1. The molecule has 0 spiro atoms. The van der Waals surface area contributed by atoms with E-state index in [-0.39, 0.29) is 17.2 Å². The summed E-state index contributed by atoms with van der Waals surface area (Å²) < 4.78 is 21.4. The zero-order chi connectivity index (χ0) is 22.5. The fourth-order valence-corrected chi connectivity index (χ4v) is 3.33. The van der Waals surface area contributed by atoms with E-state index in [1.54, 1.807) is 6.07 Å². The summed E-state index contributed by atoms with van der Waals surface area (Å²) in [5.41, 5.74) is 3.10. The molecule has 0 saturated carbocycles. The number of rotatable bonds is 7. The molecule has 31 heavy (non-hydrogen) atoms. The van der Waals surface area contributed by atoms with Crippen molar-refractivity contribution in [2.24, 2.45) is 0 Å². The van der Waals surface area contributed by atoms with Crippen LogP contribution >= 0.6 is 0 Å². The number of esters is 1. The number of ketones is 1. The molecular weight excluding hydrogens is 399 g/mol. The van der Waals surface area contributed by atoms with Gasteiger partial charge in [0.15, 0.2) is 6.61 Å². The summed E-state index contributed by atoms with van der Waals surface area (Å²) in [6.07, 6.45) is 0. The van der Waals surface area contributed by atoms with E-state index in [0.29, 0.717) is 12.1 Å². The minimum Gasteiger partial charge on any atom is -0.454 e. The summed E-state index contributed by atoms with van der Waals surface area (Å²) in [5, 5.41) is 2.44. The Kier molecular flexibility index (Phi) is 6.65. The molecule has 6 nitrogen and oxygen atoms in total. The number of nitrogens with one attached hydrogen (secondary N) is 1. The van der Waals surface area contributed by atoms with Crippen molar-refractivity contribution < 1.29 is 23.5 Å². The minimum atomic E-state index is -0.798. The van der Waals surface area contributed by atoms with E-state index < -0.39 is 24.2 Å². The number of hydrogen-bond donors (Lipinski definition) is 1. The largest absolute Gasteiger partial charge is 0.454 e. The molecule has 1 amide bonds. The molecule has 1 N–H and O–H groups in total. The summed E-state index contributed by atoms with van der Waals surface area (Å²) in [6, 6.07) is 15.3. The van der Waals surface area contributed by atoms with Crippen LogP contribution < -0.4 is 5.32 Å². The van der Waals surface area contributed by atoms with Crippen molar-refractivity contribution in [1.29, 1.82) is 0 Å². The van der Waals surface area contributed by atoms with Crippen molar-refractivity contribution in [2.75, 3.05) is 11.9 Å². The predicted octanol–water partition coefficient (Wildman–Crippen LogP) is 4.29. The third kappa shape index (κ3) is 5.25. The number of aromatic nitrogens is 1. The van der Waals surface area contributed by atoms with Gasteiger partial charge >= 0.3 is 5.97 Å². The molecule has 1 aromatic heterocycles. The van der Waals surface area contributed by atoms with Crippen LogP contribution in [0.2, 0.25) is 0 Å². The maximum absolute atomic E-state index is 14.2. The lowest BCUT2D eigenvalue weighted by Gasteiger charge is -2.10. The number of ether oxygens (including phenoxy) is 1. The van der Waals surface area contributed by atoms with Gasteiger partial charge in [0.2, 0.25) is 11.7 Å². The lowest BCUT2D eigenvalue weighted by Crippen LogP contribution is -2.16. The molecule has 0 fully saturated rings. The zero-order valence-electron chi connectivity index (χ0n) is 17.6. The number of nitrogens with zero attached hydrogens (tertiary/aromatic N) is 1. The number of benzene rings is 2. The summed E-state index contributed by atoms with van der Waals surface area (Å²) in [4.78, 5) is 35.9. The van der Waals surface area contributed by atoms with Crippen LogP contribution in [0.5, 0.6) is 0 Å². The van der Waals surface area contributed by atoms with E-state index >= 15 is 0 Å². The van der Waals surface area contributed by atoms with Crippen LogP contribution in [0.1, 0.15) is 44.6 Å². The van der Waals surface area contributed by atoms with Gasteiger partial charge in [0, 0.05) is 30.5 Å². The van der Waals surface area contributed by atoms with E-state index in [4.69, 9.17) is 4.74 Å². The SMILES string of the molecule is CC(=O)Nc1ccc(C(=O)COC(=O)c2cc(C)n(Cc3ccccc3)c2C)c(F)c1. The van der Waals surface area contributed by atoms with Crippen LogP contribution in [0.15, 0.2) is 54.6 Å². The highest BCUT2D eigenvalue weighted by Gasteiger charge is 2.20. The van der Waals surface area contributed by atoms with E-state index in [1.165, 1.54) is 19.1 Å². The minimum absolute atomic E-state index is 0.212. The van der Waals surface area contributed by atoms with Crippen molar-refractivity contribution in [3.05, 3.63) is 88.5 Å². The molecule has 0 unspecified atom stereocenters. The molecule has 2 aromatic carbocycles. The Balaban J connectivity index is 1.68. The number of amides is 1. The number of carbonyl (C=O) groups excluding carboxylic acids is 3. The fourth-order valence-electron chi connectivity index (χ4n) is 3.33. The number of carbonyl (C=O) groups is 3. The topological polar surface area (TPSA) is 77.4 Å². The molecule has 0 aliphatic heterocycles. The van der Waals surface area contributed by atoms with Gasteiger partial charge < -0.3 is 14.6 Å². The van der Waals surface area contributed by atoms with Crippen LogP contribution in [0.25, 0.3) is 0 Å². The first-order chi connectivity index (χ1) is 14.8. The Labute approximate surface area is 179 Å². The van der Waals surface area contributed by atoms with E-state index in [0.717, 1.165) is 23.0 Å². The average molecular weight is 422 g/mol. The lowest BCUT2D eigenvalue weighted by atomic mass is 10.1. The van der Waals surface area contributed by atoms with Crippen molar-refractivity contribution in [3.63, 3.8) is 0 Å². The second-order valence-corrected chi connectivity index (χ2v) is 7.23. The summed E-state index contributed by atoms with van der Waals surface area (Å²) in [7, 11) is 0. The molecule has 7 heteroatoms. The molecule has 1 heterocycles.